The fourth-order valence-electron chi connectivity index (χ4n) is 1.84. The summed E-state index contributed by atoms with van der Waals surface area (Å²) in [5, 5.41) is 0. The first-order chi connectivity index (χ1) is 11.5. The molecule has 0 aromatic heterocycles. The average molecular weight is 330 g/mol. The zero-order valence-electron chi connectivity index (χ0n) is 13.0. The van der Waals surface area contributed by atoms with E-state index in [2.05, 4.69) is 6.58 Å². The molecule has 0 fully saturated rings. The molecule has 0 N–H and O–H groups in total. The minimum atomic E-state index is -0.661. The summed E-state index contributed by atoms with van der Waals surface area (Å²) in [4.78, 5) is 23.8. The Morgan fingerprint density at radius 1 is 1.04 bits per heavy atom. The molecule has 0 aliphatic heterocycles. The lowest BCUT2D eigenvalue weighted by Gasteiger charge is -2.09. The average Bonchev–Trinajstić information content (AvgIpc) is 2.61. The van der Waals surface area contributed by atoms with Crippen molar-refractivity contribution in [1.29, 1.82) is 0 Å². The molecule has 0 unspecified atom stereocenters. The standard InChI is InChI=1S/C18H15FO5/c1-3-10-23-17(20)12-4-6-13(7-5-12)18(21)24-15-9-8-14(19)11-16(15)22-2/h3-9,11H,1,10H2,2H3. The highest BCUT2D eigenvalue weighted by Crippen LogP contribution is 2.28. The number of carbonyl (C=O) groups excluding carboxylic acids is 2. The Balaban J connectivity index is 2.10. The fraction of sp³-hybridized carbons (Fsp3) is 0.111. The number of halogens is 1. The van der Waals surface area contributed by atoms with E-state index in [4.69, 9.17) is 14.2 Å². The summed E-state index contributed by atoms with van der Waals surface area (Å²) in [6.45, 7) is 3.56. The molecule has 124 valence electrons. The van der Waals surface area contributed by atoms with Gasteiger partial charge in [-0.05, 0) is 36.4 Å². The number of hydrogen-bond acceptors (Lipinski definition) is 5. The first-order valence-corrected chi connectivity index (χ1v) is 6.99. The van der Waals surface area contributed by atoms with Gasteiger partial charge in [-0.15, -0.1) is 0 Å². The lowest BCUT2D eigenvalue weighted by atomic mass is 10.1. The second-order valence-electron chi connectivity index (χ2n) is 4.65. The largest absolute Gasteiger partial charge is 0.493 e. The van der Waals surface area contributed by atoms with Crippen LogP contribution in [0.25, 0.3) is 0 Å². The minimum absolute atomic E-state index is 0.0957. The summed E-state index contributed by atoms with van der Waals surface area (Å²) in [6, 6.07) is 9.33. The molecule has 6 heteroatoms. The molecule has 24 heavy (non-hydrogen) atoms. The summed E-state index contributed by atoms with van der Waals surface area (Å²) >= 11 is 0. The van der Waals surface area contributed by atoms with Crippen LogP contribution in [0.15, 0.2) is 55.1 Å². The normalized spacial score (nSPS) is 9.92. The first-order valence-electron chi connectivity index (χ1n) is 6.99. The molecule has 2 aromatic rings. The smallest absolute Gasteiger partial charge is 0.343 e. The predicted molar refractivity (Wildman–Crippen MR) is 84.8 cm³/mol. The number of esters is 2. The summed E-state index contributed by atoms with van der Waals surface area (Å²) < 4.78 is 28.2. The molecule has 0 amide bonds. The van der Waals surface area contributed by atoms with Crippen molar-refractivity contribution in [2.75, 3.05) is 13.7 Å². The molecular weight excluding hydrogens is 315 g/mol. The quantitative estimate of drug-likeness (QED) is 0.461. The summed E-state index contributed by atoms with van der Waals surface area (Å²) in [5.41, 5.74) is 0.523. The molecule has 0 aliphatic rings. The molecule has 2 rings (SSSR count). The van der Waals surface area contributed by atoms with Crippen molar-refractivity contribution in [3.8, 4) is 11.5 Å². The third kappa shape index (κ3) is 4.19. The van der Waals surface area contributed by atoms with Crippen LogP contribution in [0.1, 0.15) is 20.7 Å². The molecule has 5 nitrogen and oxygen atoms in total. The van der Waals surface area contributed by atoms with E-state index in [1.807, 2.05) is 0 Å². The van der Waals surface area contributed by atoms with Crippen molar-refractivity contribution >= 4 is 11.9 Å². The van der Waals surface area contributed by atoms with Gasteiger partial charge in [0.1, 0.15) is 12.4 Å². The highest BCUT2D eigenvalue weighted by atomic mass is 19.1. The maximum atomic E-state index is 13.1. The van der Waals surface area contributed by atoms with Gasteiger partial charge >= 0.3 is 11.9 Å². The Hall–Kier alpha value is -3.15. The Morgan fingerprint density at radius 2 is 1.67 bits per heavy atom. The molecule has 0 spiro atoms. The summed E-state index contributed by atoms with van der Waals surface area (Å²) in [5.74, 6) is -1.48. The van der Waals surface area contributed by atoms with Gasteiger partial charge in [0, 0.05) is 6.07 Å². The second-order valence-corrected chi connectivity index (χ2v) is 4.65. The van der Waals surface area contributed by atoms with E-state index in [0.29, 0.717) is 5.56 Å². The molecular formula is C18H15FO5. The monoisotopic (exact) mass is 330 g/mol. The van der Waals surface area contributed by atoms with Crippen LogP contribution in [0.5, 0.6) is 11.5 Å². The lowest BCUT2D eigenvalue weighted by molar-refractivity contribution is 0.0548. The number of rotatable bonds is 6. The SMILES string of the molecule is C=CCOC(=O)c1ccc(C(=O)Oc2ccc(F)cc2OC)cc1. The van der Waals surface area contributed by atoms with Crippen molar-refractivity contribution in [2.45, 2.75) is 0 Å². The fourth-order valence-corrected chi connectivity index (χ4v) is 1.84. The van der Waals surface area contributed by atoms with Gasteiger partial charge in [0.05, 0.1) is 18.2 Å². The highest BCUT2D eigenvalue weighted by Gasteiger charge is 2.14. The number of methoxy groups -OCH3 is 1. The number of hydrogen-bond donors (Lipinski definition) is 0. The summed E-state index contributed by atoms with van der Waals surface area (Å²) in [6.07, 6.45) is 1.46. The van der Waals surface area contributed by atoms with Crippen LogP contribution in [-0.2, 0) is 4.74 Å². The zero-order valence-corrected chi connectivity index (χ0v) is 13.0. The van der Waals surface area contributed by atoms with Gasteiger partial charge < -0.3 is 14.2 Å². The van der Waals surface area contributed by atoms with Gasteiger partial charge in [-0.25, -0.2) is 14.0 Å². The Labute approximate surface area is 138 Å². The van der Waals surface area contributed by atoms with Gasteiger partial charge in [-0.2, -0.15) is 0 Å². The van der Waals surface area contributed by atoms with Crippen LogP contribution < -0.4 is 9.47 Å². The van der Waals surface area contributed by atoms with E-state index >= 15 is 0 Å². The van der Waals surface area contributed by atoms with Crippen LogP contribution in [0.4, 0.5) is 4.39 Å². The van der Waals surface area contributed by atoms with Gasteiger partial charge in [-0.1, -0.05) is 12.7 Å². The number of carbonyl (C=O) groups is 2. The predicted octanol–water partition coefficient (Wildman–Crippen LogP) is 3.40. The molecule has 0 radical (unpaired) electrons. The Morgan fingerprint density at radius 3 is 2.25 bits per heavy atom. The number of benzene rings is 2. The molecule has 0 heterocycles. The van der Waals surface area contributed by atoms with Crippen LogP contribution in [0, 0.1) is 5.82 Å². The van der Waals surface area contributed by atoms with Gasteiger partial charge in [0.15, 0.2) is 11.5 Å². The van der Waals surface area contributed by atoms with Crippen molar-refractivity contribution in [2.24, 2.45) is 0 Å². The second kappa shape index (κ2) is 7.92. The molecule has 0 saturated carbocycles. The third-order valence-electron chi connectivity index (χ3n) is 3.02. The van der Waals surface area contributed by atoms with E-state index in [1.54, 1.807) is 0 Å². The highest BCUT2D eigenvalue weighted by molar-refractivity contribution is 5.94. The van der Waals surface area contributed by atoms with E-state index in [1.165, 1.54) is 43.5 Å². The van der Waals surface area contributed by atoms with E-state index in [0.717, 1.165) is 12.1 Å². The molecule has 0 saturated heterocycles. The molecule has 0 atom stereocenters. The maximum Gasteiger partial charge on any atom is 0.343 e. The van der Waals surface area contributed by atoms with Crippen molar-refractivity contribution in [1.82, 2.24) is 0 Å². The van der Waals surface area contributed by atoms with Crippen molar-refractivity contribution < 1.29 is 28.2 Å². The van der Waals surface area contributed by atoms with Crippen LogP contribution >= 0.6 is 0 Å². The van der Waals surface area contributed by atoms with E-state index in [-0.39, 0.29) is 23.7 Å². The molecule has 0 aliphatic carbocycles. The first kappa shape index (κ1) is 17.2. The lowest BCUT2D eigenvalue weighted by Crippen LogP contribution is -2.10. The number of ether oxygens (including phenoxy) is 3. The van der Waals surface area contributed by atoms with Gasteiger partial charge in [0.2, 0.25) is 0 Å². The molecule has 0 bridgehead atoms. The van der Waals surface area contributed by atoms with Crippen LogP contribution in [0.3, 0.4) is 0 Å². The summed E-state index contributed by atoms with van der Waals surface area (Å²) in [7, 11) is 1.34. The topological polar surface area (TPSA) is 61.8 Å². The minimum Gasteiger partial charge on any atom is -0.493 e. The Bertz CT molecular complexity index is 753. The van der Waals surface area contributed by atoms with E-state index in [9.17, 15) is 14.0 Å². The van der Waals surface area contributed by atoms with Crippen molar-refractivity contribution in [3.05, 3.63) is 72.1 Å². The van der Waals surface area contributed by atoms with E-state index < -0.39 is 17.8 Å². The van der Waals surface area contributed by atoms with Gasteiger partial charge in [-0.3, -0.25) is 0 Å². The van der Waals surface area contributed by atoms with Crippen molar-refractivity contribution in [3.63, 3.8) is 0 Å². The molecule has 2 aromatic carbocycles. The zero-order chi connectivity index (χ0) is 17.5. The van der Waals surface area contributed by atoms with Gasteiger partial charge in [0.25, 0.3) is 0 Å². The van der Waals surface area contributed by atoms with Crippen LogP contribution in [-0.4, -0.2) is 25.7 Å². The third-order valence-corrected chi connectivity index (χ3v) is 3.02. The Kier molecular flexibility index (Phi) is 5.68. The van der Waals surface area contributed by atoms with Crippen LogP contribution in [0.2, 0.25) is 0 Å². The maximum absolute atomic E-state index is 13.1.